The van der Waals surface area contributed by atoms with Gasteiger partial charge in [0.1, 0.15) is 11.5 Å². The molecule has 2 unspecified atom stereocenters. The molecule has 1 aromatic rings. The Balaban J connectivity index is 1.60. The summed E-state index contributed by atoms with van der Waals surface area (Å²) in [6, 6.07) is 7.25. The molecule has 0 N–H and O–H groups in total. The van der Waals surface area contributed by atoms with E-state index in [0.717, 1.165) is 37.5 Å². The number of carbonyl (C=O) groups excluding carboxylic acids is 1. The maximum atomic E-state index is 13.0. The van der Waals surface area contributed by atoms with Gasteiger partial charge in [0.15, 0.2) is 0 Å². The van der Waals surface area contributed by atoms with E-state index in [2.05, 4.69) is 36.9 Å². The van der Waals surface area contributed by atoms with E-state index in [4.69, 9.17) is 4.74 Å². The molecule has 0 spiro atoms. The monoisotopic (exact) mass is 367 g/mol. The standard InChI is InChI=1S/C24H33NO2/c1-15-16(2)23-21-11-18-7-8-19(27-3)12-20(18)24(23,13-22(15)26)9-10-25(21)14-17-5-4-6-17/h7-8,12,15-17,21,23H,4-6,9-11,13-14H2,1-3H3/t15?,16?,21-,23+,24-/m1/s1. The first-order valence-corrected chi connectivity index (χ1v) is 11.0. The number of ether oxygens (including phenoxy) is 1. The number of piperidine rings is 1. The SMILES string of the molecule is COc1ccc2c(c1)[C@]13CCN(CC4CCC4)[C@H](C2)[C@@H]1C(C)C(C)C(=O)C3. The fraction of sp³-hybridized carbons (Fsp3) is 0.708. The number of ketones is 1. The van der Waals surface area contributed by atoms with Crippen LogP contribution in [0.5, 0.6) is 5.75 Å². The smallest absolute Gasteiger partial charge is 0.136 e. The van der Waals surface area contributed by atoms with E-state index in [1.165, 1.54) is 36.9 Å². The van der Waals surface area contributed by atoms with Crippen LogP contribution >= 0.6 is 0 Å². The maximum absolute atomic E-state index is 13.0. The van der Waals surface area contributed by atoms with Crippen molar-refractivity contribution in [1.29, 1.82) is 0 Å². The number of hydrogen-bond donors (Lipinski definition) is 0. The van der Waals surface area contributed by atoms with Gasteiger partial charge in [-0.3, -0.25) is 9.69 Å². The van der Waals surface area contributed by atoms with Crippen molar-refractivity contribution < 1.29 is 9.53 Å². The Hall–Kier alpha value is -1.35. The van der Waals surface area contributed by atoms with Crippen LogP contribution in [0.15, 0.2) is 18.2 Å². The highest BCUT2D eigenvalue weighted by Gasteiger charge is 2.59. The summed E-state index contributed by atoms with van der Waals surface area (Å²) >= 11 is 0. The first-order valence-electron chi connectivity index (χ1n) is 11.0. The fourth-order valence-corrected chi connectivity index (χ4v) is 6.86. The average Bonchev–Trinajstić information content (AvgIpc) is 2.63. The lowest BCUT2D eigenvalue weighted by Crippen LogP contribution is -2.65. The molecule has 4 aliphatic rings. The number of benzene rings is 1. The molecule has 27 heavy (non-hydrogen) atoms. The van der Waals surface area contributed by atoms with Crippen molar-refractivity contribution in [3.8, 4) is 5.75 Å². The molecule has 1 aromatic carbocycles. The summed E-state index contributed by atoms with van der Waals surface area (Å²) in [7, 11) is 1.75. The molecule has 3 heteroatoms. The van der Waals surface area contributed by atoms with Crippen LogP contribution in [-0.2, 0) is 16.6 Å². The zero-order chi connectivity index (χ0) is 18.8. The second-order valence-electron chi connectivity index (χ2n) is 9.81. The number of rotatable bonds is 3. The van der Waals surface area contributed by atoms with Gasteiger partial charge in [-0.2, -0.15) is 0 Å². The van der Waals surface area contributed by atoms with E-state index in [1.807, 2.05) is 0 Å². The Morgan fingerprint density at radius 3 is 2.78 bits per heavy atom. The van der Waals surface area contributed by atoms with Crippen LogP contribution in [0.3, 0.4) is 0 Å². The summed E-state index contributed by atoms with van der Waals surface area (Å²) < 4.78 is 5.57. The Morgan fingerprint density at radius 1 is 1.26 bits per heavy atom. The van der Waals surface area contributed by atoms with Crippen LogP contribution in [0.25, 0.3) is 0 Å². The van der Waals surface area contributed by atoms with E-state index in [-0.39, 0.29) is 11.3 Å². The highest BCUT2D eigenvalue weighted by atomic mass is 16.5. The van der Waals surface area contributed by atoms with Gasteiger partial charge in [0, 0.05) is 30.3 Å². The lowest BCUT2D eigenvalue weighted by Gasteiger charge is -2.62. The lowest BCUT2D eigenvalue weighted by atomic mass is 9.47. The van der Waals surface area contributed by atoms with Crippen LogP contribution in [0.2, 0.25) is 0 Å². The van der Waals surface area contributed by atoms with Crippen LogP contribution in [0.1, 0.15) is 57.1 Å². The summed E-state index contributed by atoms with van der Waals surface area (Å²) in [5.74, 6) is 3.57. The second kappa shape index (κ2) is 6.34. The Kier molecular flexibility index (Phi) is 4.16. The van der Waals surface area contributed by atoms with Crippen molar-refractivity contribution in [1.82, 2.24) is 4.90 Å². The summed E-state index contributed by atoms with van der Waals surface area (Å²) in [6.07, 6.45) is 7.25. The molecule has 3 fully saturated rings. The minimum atomic E-state index is 0.0336. The van der Waals surface area contributed by atoms with Gasteiger partial charge in [-0.15, -0.1) is 0 Å². The largest absolute Gasteiger partial charge is 0.497 e. The van der Waals surface area contributed by atoms with E-state index in [1.54, 1.807) is 7.11 Å². The number of likely N-dealkylation sites (tertiary alicyclic amines) is 1. The first kappa shape index (κ1) is 17.7. The van der Waals surface area contributed by atoms with Crippen molar-refractivity contribution in [2.24, 2.45) is 23.7 Å². The summed E-state index contributed by atoms with van der Waals surface area (Å²) in [5, 5.41) is 0. The van der Waals surface area contributed by atoms with E-state index < -0.39 is 0 Å². The molecule has 1 aliphatic heterocycles. The van der Waals surface area contributed by atoms with Crippen molar-refractivity contribution in [2.45, 2.75) is 63.8 Å². The minimum Gasteiger partial charge on any atom is -0.497 e. The number of hydrogen-bond acceptors (Lipinski definition) is 3. The van der Waals surface area contributed by atoms with E-state index in [0.29, 0.717) is 23.7 Å². The normalized spacial score (nSPS) is 38.7. The molecule has 5 rings (SSSR count). The van der Waals surface area contributed by atoms with Crippen molar-refractivity contribution in [2.75, 3.05) is 20.2 Å². The Labute approximate surface area is 163 Å². The van der Waals surface area contributed by atoms with Crippen molar-refractivity contribution in [3.63, 3.8) is 0 Å². The second-order valence-corrected chi connectivity index (χ2v) is 9.81. The van der Waals surface area contributed by atoms with Gasteiger partial charge in [0.2, 0.25) is 0 Å². The number of methoxy groups -OCH3 is 1. The number of nitrogens with zero attached hydrogens (tertiary/aromatic N) is 1. The lowest BCUT2D eigenvalue weighted by molar-refractivity contribution is -0.138. The third-order valence-electron chi connectivity index (χ3n) is 8.72. The van der Waals surface area contributed by atoms with E-state index >= 15 is 0 Å². The average molecular weight is 368 g/mol. The van der Waals surface area contributed by atoms with Gasteiger partial charge in [-0.05, 0) is 73.2 Å². The molecule has 0 amide bonds. The third-order valence-corrected chi connectivity index (χ3v) is 8.72. The van der Waals surface area contributed by atoms with Crippen LogP contribution in [0.4, 0.5) is 0 Å². The summed E-state index contributed by atoms with van der Waals surface area (Å²) in [5.41, 5.74) is 2.93. The number of fused-ring (bicyclic) bond motifs is 1. The van der Waals surface area contributed by atoms with Crippen LogP contribution < -0.4 is 4.74 Å². The topological polar surface area (TPSA) is 29.5 Å². The van der Waals surface area contributed by atoms with E-state index in [9.17, 15) is 4.79 Å². The molecule has 2 saturated carbocycles. The Morgan fingerprint density at radius 2 is 2.07 bits per heavy atom. The first-order chi connectivity index (χ1) is 13.0. The van der Waals surface area contributed by atoms with Gasteiger partial charge < -0.3 is 4.74 Å². The molecule has 146 valence electrons. The van der Waals surface area contributed by atoms with Gasteiger partial charge in [0.25, 0.3) is 0 Å². The molecule has 0 aromatic heterocycles. The van der Waals surface area contributed by atoms with Gasteiger partial charge in [-0.1, -0.05) is 26.3 Å². The van der Waals surface area contributed by atoms with Gasteiger partial charge >= 0.3 is 0 Å². The van der Waals surface area contributed by atoms with Gasteiger partial charge in [0.05, 0.1) is 7.11 Å². The summed E-state index contributed by atoms with van der Waals surface area (Å²) in [4.78, 5) is 15.8. The molecule has 2 bridgehead atoms. The summed E-state index contributed by atoms with van der Waals surface area (Å²) in [6.45, 7) is 6.96. The molecule has 1 saturated heterocycles. The van der Waals surface area contributed by atoms with Crippen LogP contribution in [-0.4, -0.2) is 36.9 Å². The van der Waals surface area contributed by atoms with Crippen LogP contribution in [0, 0.1) is 23.7 Å². The minimum absolute atomic E-state index is 0.0336. The zero-order valence-corrected chi connectivity index (χ0v) is 17.0. The predicted molar refractivity (Wildman–Crippen MR) is 107 cm³/mol. The quantitative estimate of drug-likeness (QED) is 0.801. The van der Waals surface area contributed by atoms with Gasteiger partial charge in [-0.25, -0.2) is 0 Å². The highest BCUT2D eigenvalue weighted by Crippen LogP contribution is 2.58. The molecule has 0 radical (unpaired) electrons. The van der Waals surface area contributed by atoms with Crippen molar-refractivity contribution >= 4 is 5.78 Å². The molecule has 1 heterocycles. The number of Topliss-reactive ketones (excluding diaryl/α,β-unsaturated/α-hetero) is 1. The fourth-order valence-electron chi connectivity index (χ4n) is 6.86. The molecular weight excluding hydrogens is 334 g/mol. The molecule has 3 nitrogen and oxygen atoms in total. The zero-order valence-electron chi connectivity index (χ0n) is 17.0. The third kappa shape index (κ3) is 2.53. The number of carbonyl (C=O) groups is 1. The maximum Gasteiger partial charge on any atom is 0.136 e. The predicted octanol–water partition coefficient (Wildman–Crippen LogP) is 4.22. The molecule has 5 atom stereocenters. The Bertz CT molecular complexity index is 755. The molecule has 3 aliphatic carbocycles. The highest BCUT2D eigenvalue weighted by molar-refractivity contribution is 5.84. The molecular formula is C24H33NO2. The van der Waals surface area contributed by atoms with Crippen molar-refractivity contribution in [3.05, 3.63) is 29.3 Å².